The van der Waals surface area contributed by atoms with Crippen LogP contribution in [0.4, 0.5) is 11.4 Å². The van der Waals surface area contributed by atoms with E-state index < -0.39 is 17.4 Å². The number of benzene rings is 1. The Morgan fingerprint density at radius 1 is 1.19 bits per heavy atom. The molecule has 31 heavy (non-hydrogen) atoms. The van der Waals surface area contributed by atoms with E-state index in [1.54, 1.807) is 0 Å². The summed E-state index contributed by atoms with van der Waals surface area (Å²) in [5.74, 6) is -1.28. The molecule has 1 aromatic rings. The van der Waals surface area contributed by atoms with Gasteiger partial charge in [0.05, 0.1) is 11.7 Å². The normalized spacial score (nSPS) is 26.5. The van der Waals surface area contributed by atoms with E-state index in [1.807, 2.05) is 45.0 Å². The van der Waals surface area contributed by atoms with E-state index in [0.29, 0.717) is 24.9 Å². The molecule has 1 aromatic carbocycles. The lowest BCUT2D eigenvalue weighted by Gasteiger charge is -2.28. The van der Waals surface area contributed by atoms with Gasteiger partial charge in [-0.3, -0.25) is 9.59 Å². The topological polar surface area (TPSA) is 90.9 Å². The molecule has 2 atom stereocenters. The highest BCUT2D eigenvalue weighted by molar-refractivity contribution is 6.25. The third kappa shape index (κ3) is 4.56. The molecule has 168 valence electrons. The van der Waals surface area contributed by atoms with Crippen LogP contribution in [0.25, 0.3) is 0 Å². The molecule has 2 aliphatic heterocycles. The monoisotopic (exact) mass is 427 g/mol. The first-order valence-electron chi connectivity index (χ1n) is 11.3. The first kappa shape index (κ1) is 21.7. The van der Waals surface area contributed by atoms with Crippen LogP contribution >= 0.6 is 0 Å². The first-order chi connectivity index (χ1) is 14.7. The predicted octanol–water partition coefficient (Wildman–Crippen LogP) is 3.66. The van der Waals surface area contributed by atoms with Crippen molar-refractivity contribution in [2.75, 3.05) is 23.3 Å². The Bertz CT molecular complexity index is 881. The van der Waals surface area contributed by atoms with E-state index in [-0.39, 0.29) is 23.0 Å². The number of carbonyl (C=O) groups excluding carboxylic acids is 2. The number of anilines is 2. The number of rotatable bonds is 4. The fraction of sp³-hybridized carbons (Fsp3) is 0.583. The smallest absolute Gasteiger partial charge is 0.264 e. The van der Waals surface area contributed by atoms with E-state index in [2.05, 4.69) is 15.5 Å². The van der Waals surface area contributed by atoms with Crippen LogP contribution in [0.3, 0.4) is 0 Å². The quantitative estimate of drug-likeness (QED) is 0.638. The summed E-state index contributed by atoms with van der Waals surface area (Å²) >= 11 is 0. The fourth-order valence-electron chi connectivity index (χ4n) is 4.93. The van der Waals surface area contributed by atoms with Gasteiger partial charge >= 0.3 is 0 Å². The van der Waals surface area contributed by atoms with Crippen LogP contribution < -0.4 is 15.5 Å². The van der Waals surface area contributed by atoms with Crippen LogP contribution in [0.1, 0.15) is 59.3 Å². The highest BCUT2D eigenvalue weighted by Crippen LogP contribution is 2.42. The Morgan fingerprint density at radius 2 is 1.87 bits per heavy atom. The molecule has 1 saturated heterocycles. The second-order valence-corrected chi connectivity index (χ2v) is 9.90. The molecule has 1 spiro atoms. The Balaban J connectivity index is 1.45. The van der Waals surface area contributed by atoms with E-state index in [1.165, 1.54) is 19.3 Å². The van der Waals surface area contributed by atoms with Crippen LogP contribution in [0.15, 0.2) is 35.6 Å². The maximum absolute atomic E-state index is 12.8. The molecule has 2 fully saturated rings. The van der Waals surface area contributed by atoms with Gasteiger partial charge in [0.15, 0.2) is 0 Å². The van der Waals surface area contributed by atoms with Gasteiger partial charge < -0.3 is 25.4 Å². The molecule has 7 heteroatoms. The number of amides is 2. The average Bonchev–Trinajstić information content (AvgIpc) is 3.21. The molecule has 2 heterocycles. The zero-order valence-corrected chi connectivity index (χ0v) is 18.7. The highest BCUT2D eigenvalue weighted by Gasteiger charge is 2.52. The first-order valence-corrected chi connectivity index (χ1v) is 11.3. The number of nitrogens with zero attached hydrogens (tertiary/aromatic N) is 1. The lowest BCUT2D eigenvalue weighted by atomic mass is 9.95. The minimum atomic E-state index is -0.905. The van der Waals surface area contributed by atoms with Crippen molar-refractivity contribution in [3.05, 3.63) is 35.6 Å². The standard InChI is InChI=1S/C24H33N3O4/c1-23(2,3)31-18-11-12-24(15-18)20(28)19(22(30)26-24)21(29)25-16-7-9-17(10-8-16)27-13-5-4-6-14-27/h7-10,18,28H,4-6,11-15H2,1-3H3,(H,25,29)(H,26,30)/t18-,24-/m1/s1. The van der Waals surface area contributed by atoms with Gasteiger partial charge in [-0.2, -0.15) is 0 Å². The second kappa shape index (κ2) is 8.19. The minimum absolute atomic E-state index is 0.0767. The van der Waals surface area contributed by atoms with Gasteiger partial charge in [-0.25, -0.2) is 0 Å². The summed E-state index contributed by atoms with van der Waals surface area (Å²) in [6.07, 6.45) is 5.32. The van der Waals surface area contributed by atoms with E-state index in [0.717, 1.165) is 18.8 Å². The number of carbonyl (C=O) groups is 2. The molecule has 3 N–H and O–H groups in total. The third-order valence-electron chi connectivity index (χ3n) is 6.33. The van der Waals surface area contributed by atoms with Crippen molar-refractivity contribution in [1.29, 1.82) is 0 Å². The van der Waals surface area contributed by atoms with Crippen LogP contribution in [0.5, 0.6) is 0 Å². The van der Waals surface area contributed by atoms with Gasteiger partial charge in [0, 0.05) is 30.9 Å². The summed E-state index contributed by atoms with van der Waals surface area (Å²) in [7, 11) is 0. The zero-order chi connectivity index (χ0) is 22.2. The van der Waals surface area contributed by atoms with Crippen molar-refractivity contribution in [3.63, 3.8) is 0 Å². The molecule has 0 unspecified atom stereocenters. The summed E-state index contributed by atoms with van der Waals surface area (Å²) < 4.78 is 6.03. The number of piperidine rings is 1. The summed E-state index contributed by atoms with van der Waals surface area (Å²) in [5.41, 5.74) is 0.320. The van der Waals surface area contributed by atoms with Crippen molar-refractivity contribution in [1.82, 2.24) is 5.32 Å². The summed E-state index contributed by atoms with van der Waals surface area (Å²) in [6, 6.07) is 7.64. The average molecular weight is 428 g/mol. The minimum Gasteiger partial charge on any atom is -0.509 e. The van der Waals surface area contributed by atoms with Crippen molar-refractivity contribution in [2.45, 2.75) is 76.5 Å². The molecule has 0 bridgehead atoms. The summed E-state index contributed by atoms with van der Waals surface area (Å²) in [5, 5.41) is 16.5. The molecule has 2 amide bonds. The largest absolute Gasteiger partial charge is 0.509 e. The summed E-state index contributed by atoms with van der Waals surface area (Å²) in [4.78, 5) is 27.8. The summed E-state index contributed by atoms with van der Waals surface area (Å²) in [6.45, 7) is 8.05. The van der Waals surface area contributed by atoms with Crippen molar-refractivity contribution >= 4 is 23.2 Å². The van der Waals surface area contributed by atoms with Gasteiger partial charge in [0.2, 0.25) is 0 Å². The molecule has 4 rings (SSSR count). The number of hydrogen-bond donors (Lipinski definition) is 3. The highest BCUT2D eigenvalue weighted by atomic mass is 16.5. The van der Waals surface area contributed by atoms with Crippen LogP contribution in [0, 0.1) is 0 Å². The molecular weight excluding hydrogens is 394 g/mol. The molecule has 0 aromatic heterocycles. The van der Waals surface area contributed by atoms with Crippen LogP contribution in [-0.2, 0) is 14.3 Å². The molecular formula is C24H33N3O4. The molecule has 3 aliphatic rings. The lowest BCUT2D eigenvalue weighted by Crippen LogP contribution is -2.43. The van der Waals surface area contributed by atoms with Gasteiger partial charge in [0.1, 0.15) is 16.9 Å². The SMILES string of the molecule is CC(C)(C)O[C@@H]1CC[C@]2(C1)NC(=O)C(C(=O)Nc1ccc(N3CCCCC3)cc1)=C2O. The molecule has 1 saturated carbocycles. The van der Waals surface area contributed by atoms with Gasteiger partial charge in [-0.15, -0.1) is 0 Å². The zero-order valence-electron chi connectivity index (χ0n) is 18.7. The second-order valence-electron chi connectivity index (χ2n) is 9.90. The Kier molecular flexibility index (Phi) is 5.73. The van der Waals surface area contributed by atoms with E-state index in [9.17, 15) is 14.7 Å². The Hall–Kier alpha value is -2.54. The fourth-order valence-corrected chi connectivity index (χ4v) is 4.93. The van der Waals surface area contributed by atoms with Crippen molar-refractivity contribution in [2.24, 2.45) is 0 Å². The molecule has 1 aliphatic carbocycles. The Labute approximate surface area is 183 Å². The van der Waals surface area contributed by atoms with Crippen LogP contribution in [0.2, 0.25) is 0 Å². The number of ether oxygens (including phenoxy) is 1. The van der Waals surface area contributed by atoms with Gasteiger partial charge in [-0.05, 0) is 77.1 Å². The van der Waals surface area contributed by atoms with Crippen molar-refractivity contribution < 1.29 is 19.4 Å². The molecule has 0 radical (unpaired) electrons. The third-order valence-corrected chi connectivity index (χ3v) is 6.33. The maximum atomic E-state index is 12.8. The van der Waals surface area contributed by atoms with Gasteiger partial charge in [0.25, 0.3) is 11.8 Å². The van der Waals surface area contributed by atoms with Gasteiger partial charge in [-0.1, -0.05) is 0 Å². The molecule has 7 nitrogen and oxygen atoms in total. The van der Waals surface area contributed by atoms with E-state index >= 15 is 0 Å². The lowest BCUT2D eigenvalue weighted by molar-refractivity contribution is -0.121. The maximum Gasteiger partial charge on any atom is 0.264 e. The number of aliphatic hydroxyl groups is 1. The van der Waals surface area contributed by atoms with Crippen LogP contribution in [-0.4, -0.2) is 47.3 Å². The number of hydrogen-bond acceptors (Lipinski definition) is 5. The van der Waals surface area contributed by atoms with E-state index in [4.69, 9.17) is 4.74 Å². The predicted molar refractivity (Wildman–Crippen MR) is 120 cm³/mol. The number of aliphatic hydroxyl groups excluding tert-OH is 1. The Morgan fingerprint density at radius 3 is 2.52 bits per heavy atom. The number of nitrogens with one attached hydrogen (secondary N) is 2. The van der Waals surface area contributed by atoms with Crippen molar-refractivity contribution in [3.8, 4) is 0 Å².